The third-order valence-electron chi connectivity index (χ3n) is 11.2. The second-order valence-electron chi connectivity index (χ2n) is 16.3. The molecule has 1 fully saturated rings. The van der Waals surface area contributed by atoms with Gasteiger partial charge in [0, 0.05) is 18.9 Å². The first-order valence-corrected chi connectivity index (χ1v) is 21.6. The van der Waals surface area contributed by atoms with Crippen molar-refractivity contribution in [2.24, 2.45) is 0 Å². The molecule has 1 aliphatic heterocycles. The molecule has 9 nitrogen and oxygen atoms in total. The van der Waals surface area contributed by atoms with Crippen LogP contribution >= 0.6 is 0 Å². The van der Waals surface area contributed by atoms with Crippen LogP contribution in [0.25, 0.3) is 5.69 Å². The average molecular weight is 755 g/mol. The topological polar surface area (TPSA) is 131 Å². The summed E-state index contributed by atoms with van der Waals surface area (Å²) in [5.74, 6) is -0.365. The number of ether oxygens (including phenoxy) is 2. The van der Waals surface area contributed by atoms with Gasteiger partial charge in [0.2, 0.25) is 0 Å². The van der Waals surface area contributed by atoms with Gasteiger partial charge in [-0.05, 0) is 83.4 Å². The molecule has 2 heterocycles. The van der Waals surface area contributed by atoms with E-state index in [1.807, 2.05) is 44.2 Å². The van der Waals surface area contributed by atoms with Crippen LogP contribution in [-0.2, 0) is 20.7 Å². The number of aliphatic hydroxyl groups is 3. The van der Waals surface area contributed by atoms with Crippen LogP contribution in [0.3, 0.4) is 0 Å². The fourth-order valence-corrected chi connectivity index (χ4v) is 7.96. The fourth-order valence-electron chi connectivity index (χ4n) is 7.96. The summed E-state index contributed by atoms with van der Waals surface area (Å²) in [6.45, 7) is 7.36. The van der Waals surface area contributed by atoms with Gasteiger partial charge < -0.3 is 24.8 Å². The quantitative estimate of drug-likeness (QED) is 0.0554. The molecule has 54 heavy (non-hydrogen) atoms. The summed E-state index contributed by atoms with van der Waals surface area (Å²) in [7, 11) is 0. The van der Waals surface area contributed by atoms with Crippen molar-refractivity contribution in [2.75, 3.05) is 0 Å². The standard InChI is InChI=1S/C45H74N2O7/c1-5-6-7-8-9-10-11-12-13-14-21-29-41(50)42-30-31-43(54-42)45(4,52)32-23-22-27-39(49)26-19-16-20-28-40(53-36(3)48)34-37-33-35(2)46-47(44(37)51)38-24-17-15-18-25-38/h15,17-18,24-25,33,39-43,49-50,52H,5-14,16,19-23,26-32,34H2,1-4H3/t39-,40-,41-,42-,43-,45-/m1/s1. The van der Waals surface area contributed by atoms with E-state index in [0.717, 1.165) is 64.2 Å². The van der Waals surface area contributed by atoms with Crippen molar-refractivity contribution < 1.29 is 29.6 Å². The van der Waals surface area contributed by atoms with Crippen LogP contribution in [0, 0.1) is 6.92 Å². The lowest BCUT2D eigenvalue weighted by Gasteiger charge is -2.31. The van der Waals surface area contributed by atoms with E-state index in [4.69, 9.17) is 9.47 Å². The minimum atomic E-state index is -0.946. The van der Waals surface area contributed by atoms with Crippen LogP contribution < -0.4 is 5.56 Å². The van der Waals surface area contributed by atoms with Crippen molar-refractivity contribution in [3.05, 3.63) is 58.0 Å². The van der Waals surface area contributed by atoms with Crippen LogP contribution in [0.1, 0.15) is 180 Å². The third kappa shape index (κ3) is 17.5. The molecule has 2 aromatic rings. The Balaban J connectivity index is 1.26. The van der Waals surface area contributed by atoms with Crippen LogP contribution in [0.5, 0.6) is 0 Å². The number of benzene rings is 1. The van der Waals surface area contributed by atoms with Gasteiger partial charge in [0.25, 0.3) is 5.56 Å². The number of hydrogen-bond acceptors (Lipinski definition) is 8. The van der Waals surface area contributed by atoms with Crippen LogP contribution in [0.15, 0.2) is 41.2 Å². The fraction of sp³-hybridized carbons (Fsp3) is 0.756. The molecule has 0 spiro atoms. The second-order valence-corrected chi connectivity index (χ2v) is 16.3. The van der Waals surface area contributed by atoms with Crippen LogP contribution in [0.2, 0.25) is 0 Å². The Morgan fingerprint density at radius 1 is 0.870 bits per heavy atom. The van der Waals surface area contributed by atoms with E-state index < -0.39 is 23.9 Å². The SMILES string of the molecule is CCCCCCCCCCCCC[C@@H](O)[C@H]1CC[C@H]([C@](C)(O)CCCC[C@H](O)CCCCC[C@H](Cc2cc(C)nn(-c3ccccc3)c2=O)OC(C)=O)O1. The molecule has 0 amide bonds. The Morgan fingerprint density at radius 3 is 2.09 bits per heavy atom. The summed E-state index contributed by atoms with van der Waals surface area (Å²) in [5.41, 5.74) is 0.819. The smallest absolute Gasteiger partial charge is 0.302 e. The number of para-hydroxylation sites is 1. The molecule has 0 unspecified atom stereocenters. The number of hydrogen-bond donors (Lipinski definition) is 3. The molecule has 1 aromatic heterocycles. The average Bonchev–Trinajstić information content (AvgIpc) is 3.66. The largest absolute Gasteiger partial charge is 0.462 e. The maximum absolute atomic E-state index is 13.3. The van der Waals surface area contributed by atoms with Crippen molar-refractivity contribution in [3.63, 3.8) is 0 Å². The summed E-state index contributed by atoms with van der Waals surface area (Å²) in [6.07, 6.45) is 22.0. The maximum Gasteiger partial charge on any atom is 0.302 e. The first-order valence-electron chi connectivity index (χ1n) is 21.6. The Bertz CT molecular complexity index is 1360. The molecule has 0 saturated carbocycles. The summed E-state index contributed by atoms with van der Waals surface area (Å²) in [6, 6.07) is 11.1. The molecule has 1 aliphatic rings. The van der Waals surface area contributed by atoms with Crippen molar-refractivity contribution in [1.82, 2.24) is 9.78 Å². The number of rotatable bonds is 29. The lowest BCUT2D eigenvalue weighted by atomic mass is 9.90. The Kier molecular flexibility index (Phi) is 21.7. The van der Waals surface area contributed by atoms with Crippen LogP contribution in [-0.4, -0.2) is 67.2 Å². The molecule has 1 aromatic carbocycles. The van der Waals surface area contributed by atoms with Crippen molar-refractivity contribution in [1.29, 1.82) is 0 Å². The number of aromatic nitrogens is 2. The van der Waals surface area contributed by atoms with Gasteiger partial charge in [-0.2, -0.15) is 9.78 Å². The number of esters is 1. The molecular weight excluding hydrogens is 681 g/mol. The maximum atomic E-state index is 13.3. The summed E-state index contributed by atoms with van der Waals surface area (Å²) >= 11 is 0. The predicted octanol–water partition coefficient (Wildman–Crippen LogP) is 9.25. The van der Waals surface area contributed by atoms with Gasteiger partial charge in [-0.1, -0.05) is 121 Å². The van der Waals surface area contributed by atoms with Gasteiger partial charge in [-0.25, -0.2) is 0 Å². The molecule has 0 bridgehead atoms. The first kappa shape index (κ1) is 45.8. The monoisotopic (exact) mass is 755 g/mol. The Hall–Kier alpha value is -2.59. The highest BCUT2D eigenvalue weighted by atomic mass is 16.5. The van der Waals surface area contributed by atoms with Gasteiger partial charge in [0.1, 0.15) is 6.10 Å². The highest BCUT2D eigenvalue weighted by molar-refractivity contribution is 5.66. The Morgan fingerprint density at radius 2 is 1.44 bits per heavy atom. The highest BCUT2D eigenvalue weighted by Gasteiger charge is 2.40. The summed E-state index contributed by atoms with van der Waals surface area (Å²) < 4.78 is 13.2. The molecule has 3 rings (SSSR count). The molecule has 6 atom stereocenters. The molecule has 306 valence electrons. The second kappa shape index (κ2) is 25.5. The number of carbonyl (C=O) groups is 1. The molecule has 9 heteroatoms. The molecule has 1 saturated heterocycles. The Labute approximate surface area is 326 Å². The first-order chi connectivity index (χ1) is 26.0. The minimum absolute atomic E-state index is 0.189. The number of nitrogens with zero attached hydrogens (tertiary/aromatic N) is 2. The summed E-state index contributed by atoms with van der Waals surface area (Å²) in [4.78, 5) is 25.1. The number of aliphatic hydroxyl groups excluding tert-OH is 2. The molecular formula is C45H74N2O7. The zero-order valence-corrected chi connectivity index (χ0v) is 34.2. The van der Waals surface area contributed by atoms with E-state index in [-0.39, 0.29) is 23.7 Å². The number of carbonyl (C=O) groups excluding carboxylic acids is 1. The van der Waals surface area contributed by atoms with Gasteiger partial charge in [0.05, 0.1) is 41.4 Å². The van der Waals surface area contributed by atoms with Crippen molar-refractivity contribution in [2.45, 2.75) is 218 Å². The predicted molar refractivity (Wildman–Crippen MR) is 217 cm³/mol. The van der Waals surface area contributed by atoms with E-state index in [0.29, 0.717) is 49.0 Å². The summed E-state index contributed by atoms with van der Waals surface area (Å²) in [5, 5.41) is 37.0. The molecule has 0 aliphatic carbocycles. The normalized spacial score (nSPS) is 18.6. The van der Waals surface area contributed by atoms with Crippen LogP contribution in [0.4, 0.5) is 0 Å². The lowest BCUT2D eigenvalue weighted by Crippen LogP contribution is -2.40. The van der Waals surface area contributed by atoms with E-state index in [1.54, 1.807) is 6.07 Å². The zero-order valence-electron chi connectivity index (χ0n) is 34.2. The molecule has 0 radical (unpaired) electrons. The molecule has 3 N–H and O–H groups in total. The van der Waals surface area contributed by atoms with Gasteiger partial charge >= 0.3 is 5.97 Å². The minimum Gasteiger partial charge on any atom is -0.462 e. The van der Waals surface area contributed by atoms with Gasteiger partial charge in [0.15, 0.2) is 0 Å². The lowest BCUT2D eigenvalue weighted by molar-refractivity contribution is -0.146. The van der Waals surface area contributed by atoms with E-state index in [1.165, 1.54) is 69.4 Å². The van der Waals surface area contributed by atoms with E-state index in [2.05, 4.69) is 12.0 Å². The van der Waals surface area contributed by atoms with Gasteiger partial charge in [-0.3, -0.25) is 9.59 Å². The number of aryl methyl sites for hydroxylation is 1. The van der Waals surface area contributed by atoms with Crippen molar-refractivity contribution >= 4 is 5.97 Å². The van der Waals surface area contributed by atoms with Gasteiger partial charge in [-0.15, -0.1) is 0 Å². The number of unbranched alkanes of at least 4 members (excludes halogenated alkanes) is 13. The van der Waals surface area contributed by atoms with Crippen molar-refractivity contribution in [3.8, 4) is 5.69 Å². The highest BCUT2D eigenvalue weighted by Crippen LogP contribution is 2.34. The van der Waals surface area contributed by atoms with E-state index in [9.17, 15) is 24.9 Å². The van der Waals surface area contributed by atoms with E-state index >= 15 is 0 Å². The zero-order chi connectivity index (χ0) is 39.2. The third-order valence-corrected chi connectivity index (χ3v) is 11.2.